The Hall–Kier alpha value is -2.05. The highest BCUT2D eigenvalue weighted by atomic mass is 19.2. The summed E-state index contributed by atoms with van der Waals surface area (Å²) in [6.45, 7) is 2.63. The van der Waals surface area contributed by atoms with Gasteiger partial charge >= 0.3 is 0 Å². The second-order valence-corrected chi connectivity index (χ2v) is 4.82. The fraction of sp³-hybridized carbons (Fsp3) is 0.200. The summed E-state index contributed by atoms with van der Waals surface area (Å²) in [6.07, 6.45) is 0. The second kappa shape index (κ2) is 5.30. The maximum Gasteiger partial charge on any atom is 0.170 e. The van der Waals surface area contributed by atoms with Crippen LogP contribution in [-0.4, -0.2) is 0 Å². The summed E-state index contributed by atoms with van der Waals surface area (Å²) in [4.78, 5) is 0. The van der Waals surface area contributed by atoms with Crippen LogP contribution in [0.4, 0.5) is 30.7 Å². The molecule has 0 spiro atoms. The zero-order chi connectivity index (χ0) is 16.9. The second-order valence-electron chi connectivity index (χ2n) is 4.82. The minimum Gasteiger partial charge on any atom is -0.206 e. The first-order valence-corrected chi connectivity index (χ1v) is 6.07. The molecule has 7 heteroatoms. The molecule has 0 amide bonds. The van der Waals surface area contributed by atoms with Gasteiger partial charge in [-0.25, -0.2) is 30.7 Å². The Morgan fingerprint density at radius 3 is 1.09 bits per heavy atom. The average molecular weight is 322 g/mol. The Balaban J connectivity index is 3.03. The molecule has 0 unspecified atom stereocenters. The minimum absolute atomic E-state index is 0.656. The summed E-state index contributed by atoms with van der Waals surface area (Å²) >= 11 is 0. The maximum atomic E-state index is 14.0. The maximum absolute atomic E-state index is 14.0. The van der Waals surface area contributed by atoms with Crippen molar-refractivity contribution in [2.45, 2.75) is 20.8 Å². The van der Waals surface area contributed by atoms with Crippen molar-refractivity contribution in [2.24, 2.45) is 0 Å². The van der Waals surface area contributed by atoms with E-state index in [1.54, 1.807) is 0 Å². The van der Waals surface area contributed by atoms with Gasteiger partial charge in [-0.15, -0.1) is 0 Å². The van der Waals surface area contributed by atoms with E-state index in [1.165, 1.54) is 0 Å². The van der Waals surface area contributed by atoms with E-state index in [-0.39, 0.29) is 0 Å². The van der Waals surface area contributed by atoms with Gasteiger partial charge in [-0.2, -0.15) is 0 Å². The molecule has 0 aromatic heterocycles. The first kappa shape index (κ1) is 16.3. The van der Waals surface area contributed by atoms with Crippen LogP contribution in [0.2, 0.25) is 0 Å². The van der Waals surface area contributed by atoms with Gasteiger partial charge in [-0.1, -0.05) is 0 Å². The fourth-order valence-electron chi connectivity index (χ4n) is 2.18. The van der Waals surface area contributed by atoms with Gasteiger partial charge in [0.15, 0.2) is 34.9 Å². The number of halogens is 7. The molecular weight excluding hydrogens is 313 g/mol. The molecule has 0 fully saturated rings. The molecule has 0 aliphatic carbocycles. The SMILES string of the molecule is Cc1c(F)c(C)c(-c2c(F)c(F)c(C)c(F)c2F)c(F)c1F. The standard InChI is InChI=1S/C15H9F7/c1-4-7(13(20)10(17)5(2)9(4)16)8-14(21)11(18)6(3)12(19)15(8)22/h1-3H3. The molecule has 0 N–H and O–H groups in total. The lowest BCUT2D eigenvalue weighted by molar-refractivity contribution is 0.445. The third-order valence-corrected chi connectivity index (χ3v) is 3.51. The van der Waals surface area contributed by atoms with Gasteiger partial charge in [0.05, 0.1) is 5.56 Å². The molecule has 0 aliphatic rings. The zero-order valence-electron chi connectivity index (χ0n) is 11.6. The number of rotatable bonds is 1. The number of hydrogen-bond donors (Lipinski definition) is 0. The molecule has 0 heterocycles. The van der Waals surface area contributed by atoms with Crippen molar-refractivity contribution in [3.05, 3.63) is 57.4 Å². The van der Waals surface area contributed by atoms with Crippen LogP contribution >= 0.6 is 0 Å². The van der Waals surface area contributed by atoms with Gasteiger partial charge in [0.1, 0.15) is 5.82 Å². The van der Waals surface area contributed by atoms with E-state index in [0.29, 0.717) is 0 Å². The van der Waals surface area contributed by atoms with E-state index >= 15 is 0 Å². The molecule has 22 heavy (non-hydrogen) atoms. The summed E-state index contributed by atoms with van der Waals surface area (Å²) in [5, 5.41) is 0. The Labute approximate surface area is 121 Å². The summed E-state index contributed by atoms with van der Waals surface area (Å²) in [5.74, 6) is -12.1. The summed E-state index contributed by atoms with van der Waals surface area (Å²) < 4.78 is 96.4. The van der Waals surface area contributed by atoms with Crippen LogP contribution in [0.25, 0.3) is 11.1 Å². The number of benzene rings is 2. The van der Waals surface area contributed by atoms with E-state index < -0.39 is 68.5 Å². The van der Waals surface area contributed by atoms with Gasteiger partial charge < -0.3 is 0 Å². The van der Waals surface area contributed by atoms with Crippen molar-refractivity contribution in [1.29, 1.82) is 0 Å². The van der Waals surface area contributed by atoms with E-state index in [4.69, 9.17) is 0 Å². The topological polar surface area (TPSA) is 0 Å². The van der Waals surface area contributed by atoms with Crippen LogP contribution in [0.1, 0.15) is 16.7 Å². The predicted octanol–water partition coefficient (Wildman–Crippen LogP) is 5.25. The van der Waals surface area contributed by atoms with Crippen molar-refractivity contribution in [2.75, 3.05) is 0 Å². The summed E-state index contributed by atoms with van der Waals surface area (Å²) in [7, 11) is 0. The zero-order valence-corrected chi connectivity index (χ0v) is 11.6. The largest absolute Gasteiger partial charge is 0.206 e. The Bertz CT molecular complexity index is 668. The molecule has 0 aliphatic heterocycles. The smallest absolute Gasteiger partial charge is 0.170 e. The Morgan fingerprint density at radius 2 is 0.682 bits per heavy atom. The molecule has 0 saturated heterocycles. The molecule has 0 nitrogen and oxygen atoms in total. The lowest BCUT2D eigenvalue weighted by Gasteiger charge is -2.15. The minimum atomic E-state index is -1.92. The van der Waals surface area contributed by atoms with Crippen molar-refractivity contribution in [1.82, 2.24) is 0 Å². The van der Waals surface area contributed by atoms with E-state index in [1.807, 2.05) is 0 Å². The molecule has 2 aromatic carbocycles. The van der Waals surface area contributed by atoms with Crippen molar-refractivity contribution >= 4 is 0 Å². The lowest BCUT2D eigenvalue weighted by atomic mass is 9.94. The van der Waals surface area contributed by atoms with Gasteiger partial charge in [0.2, 0.25) is 0 Å². The monoisotopic (exact) mass is 322 g/mol. The molecule has 0 bridgehead atoms. The predicted molar refractivity (Wildman–Crippen MR) is 65.8 cm³/mol. The van der Waals surface area contributed by atoms with Crippen molar-refractivity contribution in [3.8, 4) is 11.1 Å². The quantitative estimate of drug-likeness (QED) is 0.497. The Morgan fingerprint density at radius 1 is 0.364 bits per heavy atom. The van der Waals surface area contributed by atoms with Crippen molar-refractivity contribution in [3.63, 3.8) is 0 Å². The molecule has 2 rings (SSSR count). The highest BCUT2D eigenvalue weighted by Crippen LogP contribution is 2.38. The molecule has 0 atom stereocenters. The lowest BCUT2D eigenvalue weighted by Crippen LogP contribution is -2.08. The number of hydrogen-bond acceptors (Lipinski definition) is 0. The van der Waals surface area contributed by atoms with Crippen LogP contribution in [0.5, 0.6) is 0 Å². The average Bonchev–Trinajstić information content (AvgIpc) is 2.50. The van der Waals surface area contributed by atoms with Crippen LogP contribution in [-0.2, 0) is 0 Å². The van der Waals surface area contributed by atoms with Crippen LogP contribution in [0.15, 0.2) is 0 Å². The summed E-state index contributed by atoms with van der Waals surface area (Å²) in [5.41, 5.74) is -4.98. The van der Waals surface area contributed by atoms with E-state index in [0.717, 1.165) is 20.8 Å². The van der Waals surface area contributed by atoms with Crippen LogP contribution in [0, 0.1) is 61.5 Å². The first-order chi connectivity index (χ1) is 10.1. The molecule has 0 saturated carbocycles. The summed E-state index contributed by atoms with van der Waals surface area (Å²) in [6, 6.07) is 0. The van der Waals surface area contributed by atoms with Crippen molar-refractivity contribution < 1.29 is 30.7 Å². The van der Waals surface area contributed by atoms with Crippen LogP contribution in [0.3, 0.4) is 0 Å². The molecular formula is C15H9F7. The highest BCUT2D eigenvalue weighted by molar-refractivity contribution is 5.71. The normalized spacial score (nSPS) is 11.2. The molecule has 2 aromatic rings. The molecule has 0 radical (unpaired) electrons. The van der Waals surface area contributed by atoms with Gasteiger partial charge in [0, 0.05) is 16.7 Å². The van der Waals surface area contributed by atoms with Gasteiger partial charge in [-0.05, 0) is 26.3 Å². The van der Waals surface area contributed by atoms with E-state index in [2.05, 4.69) is 0 Å². The molecule has 118 valence electrons. The Kier molecular flexibility index (Phi) is 3.93. The van der Waals surface area contributed by atoms with Gasteiger partial charge in [0.25, 0.3) is 0 Å². The third kappa shape index (κ3) is 2.07. The van der Waals surface area contributed by atoms with Gasteiger partial charge in [-0.3, -0.25) is 0 Å². The first-order valence-electron chi connectivity index (χ1n) is 6.07. The third-order valence-electron chi connectivity index (χ3n) is 3.51. The van der Waals surface area contributed by atoms with Crippen LogP contribution < -0.4 is 0 Å². The highest BCUT2D eigenvalue weighted by Gasteiger charge is 2.30. The fourth-order valence-corrected chi connectivity index (χ4v) is 2.18. The van der Waals surface area contributed by atoms with E-state index in [9.17, 15) is 30.7 Å².